The summed E-state index contributed by atoms with van der Waals surface area (Å²) in [7, 11) is 0. The topological polar surface area (TPSA) is 101 Å². The summed E-state index contributed by atoms with van der Waals surface area (Å²) in [6, 6.07) is -0.377. The number of amides is 2. The van der Waals surface area contributed by atoms with Gasteiger partial charge >= 0.3 is 0 Å². The van der Waals surface area contributed by atoms with E-state index >= 15 is 0 Å². The minimum absolute atomic E-state index is 0.0780. The standard InChI is InChI=1S/C9H20N4O2/c1-3-5-7(9(15)12-11)13(4-2)6-8(10)14/h7H,3-6,11H2,1-2H3,(H2,10,14)(H,12,15). The fourth-order valence-corrected chi connectivity index (χ4v) is 1.49. The molecule has 0 rings (SSSR count). The van der Waals surface area contributed by atoms with Gasteiger partial charge < -0.3 is 5.73 Å². The SMILES string of the molecule is CCCC(C(=O)NN)N(CC)CC(N)=O. The van der Waals surface area contributed by atoms with E-state index in [2.05, 4.69) is 5.43 Å². The number of nitrogens with one attached hydrogen (secondary N) is 1. The Kier molecular flexibility index (Phi) is 6.64. The van der Waals surface area contributed by atoms with Crippen molar-refractivity contribution in [2.75, 3.05) is 13.1 Å². The van der Waals surface area contributed by atoms with Gasteiger partial charge in [0.05, 0.1) is 12.6 Å². The molecular formula is C9H20N4O2. The van der Waals surface area contributed by atoms with E-state index in [4.69, 9.17) is 11.6 Å². The van der Waals surface area contributed by atoms with Crippen molar-refractivity contribution in [3.8, 4) is 0 Å². The van der Waals surface area contributed by atoms with E-state index in [-0.39, 0.29) is 18.5 Å². The molecule has 0 aliphatic rings. The van der Waals surface area contributed by atoms with Crippen LogP contribution in [0.15, 0.2) is 0 Å². The highest BCUT2D eigenvalue weighted by Gasteiger charge is 2.24. The van der Waals surface area contributed by atoms with Gasteiger partial charge in [-0.05, 0) is 13.0 Å². The van der Waals surface area contributed by atoms with Crippen LogP contribution in [0.3, 0.4) is 0 Å². The molecule has 1 atom stereocenters. The van der Waals surface area contributed by atoms with Crippen LogP contribution in [0.25, 0.3) is 0 Å². The Hall–Kier alpha value is -1.14. The molecule has 0 aliphatic heterocycles. The molecule has 6 heteroatoms. The number of hydrazine groups is 1. The fourth-order valence-electron chi connectivity index (χ4n) is 1.49. The molecule has 0 fully saturated rings. The number of carbonyl (C=O) groups is 2. The summed E-state index contributed by atoms with van der Waals surface area (Å²) in [5, 5.41) is 0. The third-order valence-electron chi connectivity index (χ3n) is 2.21. The highest BCUT2D eigenvalue weighted by molar-refractivity contribution is 5.82. The van der Waals surface area contributed by atoms with Gasteiger partial charge in [0.15, 0.2) is 0 Å². The smallest absolute Gasteiger partial charge is 0.251 e. The summed E-state index contributed by atoms with van der Waals surface area (Å²) in [5.74, 6) is 4.36. The average Bonchev–Trinajstić information content (AvgIpc) is 2.21. The lowest BCUT2D eigenvalue weighted by Crippen LogP contribution is -2.51. The van der Waals surface area contributed by atoms with E-state index in [0.29, 0.717) is 13.0 Å². The van der Waals surface area contributed by atoms with Gasteiger partial charge in [-0.1, -0.05) is 20.3 Å². The van der Waals surface area contributed by atoms with Gasteiger partial charge in [-0.15, -0.1) is 0 Å². The van der Waals surface area contributed by atoms with Crippen molar-refractivity contribution in [1.29, 1.82) is 0 Å². The minimum Gasteiger partial charge on any atom is -0.369 e. The number of rotatable bonds is 7. The summed E-state index contributed by atoms with van der Waals surface area (Å²) >= 11 is 0. The van der Waals surface area contributed by atoms with Crippen LogP contribution in [0.1, 0.15) is 26.7 Å². The van der Waals surface area contributed by atoms with Gasteiger partial charge in [-0.3, -0.25) is 19.9 Å². The molecule has 0 aromatic heterocycles. The second-order valence-corrected chi connectivity index (χ2v) is 3.34. The molecule has 15 heavy (non-hydrogen) atoms. The van der Waals surface area contributed by atoms with Crippen molar-refractivity contribution < 1.29 is 9.59 Å². The molecule has 0 aliphatic carbocycles. The fraction of sp³-hybridized carbons (Fsp3) is 0.778. The lowest BCUT2D eigenvalue weighted by Gasteiger charge is -2.27. The Morgan fingerprint density at radius 3 is 2.33 bits per heavy atom. The van der Waals surface area contributed by atoms with Crippen LogP contribution in [0, 0.1) is 0 Å². The summed E-state index contributed by atoms with van der Waals surface area (Å²) in [4.78, 5) is 24.0. The van der Waals surface area contributed by atoms with Gasteiger partial charge in [0, 0.05) is 0 Å². The van der Waals surface area contributed by atoms with Gasteiger partial charge in [-0.2, -0.15) is 0 Å². The van der Waals surface area contributed by atoms with Crippen LogP contribution in [-0.2, 0) is 9.59 Å². The van der Waals surface area contributed by atoms with Crippen LogP contribution in [-0.4, -0.2) is 35.8 Å². The predicted octanol–water partition coefficient (Wildman–Crippen LogP) is -1.05. The molecule has 0 aromatic carbocycles. The first-order chi connectivity index (χ1) is 7.06. The van der Waals surface area contributed by atoms with E-state index in [9.17, 15) is 9.59 Å². The van der Waals surface area contributed by atoms with Crippen molar-refractivity contribution in [2.24, 2.45) is 11.6 Å². The zero-order valence-corrected chi connectivity index (χ0v) is 9.32. The molecule has 0 saturated heterocycles. The van der Waals surface area contributed by atoms with E-state index in [1.54, 1.807) is 4.90 Å². The van der Waals surface area contributed by atoms with Gasteiger partial charge in [-0.25, -0.2) is 5.84 Å². The van der Waals surface area contributed by atoms with Crippen LogP contribution < -0.4 is 17.0 Å². The number of hydrogen-bond acceptors (Lipinski definition) is 4. The van der Waals surface area contributed by atoms with E-state index in [1.807, 2.05) is 13.8 Å². The number of nitrogens with zero attached hydrogens (tertiary/aromatic N) is 1. The molecule has 0 spiro atoms. The van der Waals surface area contributed by atoms with Crippen molar-refractivity contribution in [3.63, 3.8) is 0 Å². The Balaban J connectivity index is 4.53. The van der Waals surface area contributed by atoms with Crippen LogP contribution >= 0.6 is 0 Å². The molecular weight excluding hydrogens is 196 g/mol. The summed E-state index contributed by atoms with van der Waals surface area (Å²) in [6.07, 6.45) is 1.50. The Morgan fingerprint density at radius 2 is 2.00 bits per heavy atom. The van der Waals surface area contributed by atoms with Crippen LogP contribution in [0.4, 0.5) is 0 Å². The Morgan fingerprint density at radius 1 is 1.40 bits per heavy atom. The molecule has 6 nitrogen and oxygen atoms in total. The van der Waals surface area contributed by atoms with Gasteiger partial charge in [0.1, 0.15) is 0 Å². The number of likely N-dealkylation sites (N-methyl/N-ethyl adjacent to an activating group) is 1. The maximum Gasteiger partial charge on any atom is 0.251 e. The maximum absolute atomic E-state index is 11.5. The van der Waals surface area contributed by atoms with E-state index in [1.165, 1.54) is 0 Å². The van der Waals surface area contributed by atoms with Crippen molar-refractivity contribution in [3.05, 3.63) is 0 Å². The second-order valence-electron chi connectivity index (χ2n) is 3.34. The average molecular weight is 216 g/mol. The minimum atomic E-state index is -0.442. The summed E-state index contributed by atoms with van der Waals surface area (Å²) in [5.41, 5.74) is 7.21. The first-order valence-corrected chi connectivity index (χ1v) is 5.09. The van der Waals surface area contributed by atoms with Crippen LogP contribution in [0.2, 0.25) is 0 Å². The zero-order chi connectivity index (χ0) is 11.8. The molecule has 1 unspecified atom stereocenters. The molecule has 0 aromatic rings. The molecule has 2 amide bonds. The zero-order valence-electron chi connectivity index (χ0n) is 9.32. The predicted molar refractivity (Wildman–Crippen MR) is 57.5 cm³/mol. The van der Waals surface area contributed by atoms with Crippen molar-refractivity contribution >= 4 is 11.8 Å². The maximum atomic E-state index is 11.5. The Labute approximate surface area is 89.9 Å². The molecule has 5 N–H and O–H groups in total. The largest absolute Gasteiger partial charge is 0.369 e. The highest BCUT2D eigenvalue weighted by Crippen LogP contribution is 2.06. The monoisotopic (exact) mass is 216 g/mol. The molecule has 0 bridgehead atoms. The second kappa shape index (κ2) is 7.19. The molecule has 0 heterocycles. The third kappa shape index (κ3) is 4.75. The lowest BCUT2D eigenvalue weighted by molar-refractivity contribution is -0.128. The van der Waals surface area contributed by atoms with Crippen LogP contribution in [0.5, 0.6) is 0 Å². The summed E-state index contributed by atoms with van der Waals surface area (Å²) in [6.45, 7) is 4.50. The molecule has 0 saturated carbocycles. The quantitative estimate of drug-likeness (QED) is 0.287. The lowest BCUT2D eigenvalue weighted by atomic mass is 10.1. The highest BCUT2D eigenvalue weighted by atomic mass is 16.2. The molecule has 0 radical (unpaired) electrons. The third-order valence-corrected chi connectivity index (χ3v) is 2.21. The van der Waals surface area contributed by atoms with Gasteiger partial charge in [0.2, 0.25) is 5.91 Å². The first-order valence-electron chi connectivity index (χ1n) is 5.09. The Bertz CT molecular complexity index is 220. The number of hydrogen-bond donors (Lipinski definition) is 3. The number of primary amides is 1. The number of nitrogens with two attached hydrogens (primary N) is 2. The van der Waals surface area contributed by atoms with Crippen molar-refractivity contribution in [2.45, 2.75) is 32.7 Å². The van der Waals surface area contributed by atoms with E-state index in [0.717, 1.165) is 6.42 Å². The summed E-state index contributed by atoms with van der Waals surface area (Å²) < 4.78 is 0. The normalized spacial score (nSPS) is 12.5. The first kappa shape index (κ1) is 13.9. The van der Waals surface area contributed by atoms with E-state index < -0.39 is 5.91 Å². The van der Waals surface area contributed by atoms with Crippen molar-refractivity contribution in [1.82, 2.24) is 10.3 Å². The number of carbonyl (C=O) groups excluding carboxylic acids is 2. The molecule has 88 valence electrons. The van der Waals surface area contributed by atoms with Gasteiger partial charge in [0.25, 0.3) is 5.91 Å².